The van der Waals surface area contributed by atoms with E-state index in [1.807, 2.05) is 0 Å². The van der Waals surface area contributed by atoms with E-state index in [9.17, 15) is 4.79 Å². The minimum absolute atomic E-state index is 0.226. The first kappa shape index (κ1) is 14.7. The number of unbranched alkanes of at least 4 members (excludes halogenated alkanes) is 2. The van der Waals surface area contributed by atoms with Crippen molar-refractivity contribution in [3.8, 4) is 0 Å². The molecule has 0 radical (unpaired) electrons. The molecular formula is C14H28O. The Morgan fingerprint density at radius 1 is 1.00 bits per heavy atom. The zero-order chi connectivity index (χ0) is 11.7. The summed E-state index contributed by atoms with van der Waals surface area (Å²) < 4.78 is 0. The van der Waals surface area contributed by atoms with Crippen molar-refractivity contribution in [1.82, 2.24) is 0 Å². The lowest BCUT2D eigenvalue weighted by atomic mass is 9.79. The first-order valence-electron chi connectivity index (χ1n) is 6.62. The van der Waals surface area contributed by atoms with Crippen molar-refractivity contribution in [3.63, 3.8) is 0 Å². The van der Waals surface area contributed by atoms with Crippen LogP contribution in [0.4, 0.5) is 0 Å². The first-order valence-corrected chi connectivity index (χ1v) is 6.62. The minimum Gasteiger partial charge on any atom is -0.303 e. The van der Waals surface area contributed by atoms with Gasteiger partial charge in [0.15, 0.2) is 0 Å². The normalized spacial score (nSPS) is 15.3. The highest BCUT2D eigenvalue weighted by Crippen LogP contribution is 2.28. The van der Waals surface area contributed by atoms with Crippen LogP contribution in [0, 0.1) is 17.8 Å². The van der Waals surface area contributed by atoms with Gasteiger partial charge in [-0.15, -0.1) is 0 Å². The highest BCUT2D eigenvalue weighted by molar-refractivity contribution is 5.53. The Labute approximate surface area is 95.6 Å². The zero-order valence-corrected chi connectivity index (χ0v) is 11.0. The molecule has 0 saturated carbocycles. The maximum absolute atomic E-state index is 10.8. The summed E-state index contributed by atoms with van der Waals surface area (Å²) in [4.78, 5) is 10.8. The minimum atomic E-state index is 0.226. The maximum atomic E-state index is 10.8. The van der Waals surface area contributed by atoms with Crippen LogP contribution < -0.4 is 0 Å². The molecule has 15 heavy (non-hydrogen) atoms. The first-order chi connectivity index (χ1) is 7.17. The number of hydrogen-bond donors (Lipinski definition) is 0. The molecule has 1 heteroatoms. The Morgan fingerprint density at radius 3 is 1.80 bits per heavy atom. The van der Waals surface area contributed by atoms with Crippen LogP contribution in [-0.4, -0.2) is 6.29 Å². The summed E-state index contributed by atoms with van der Waals surface area (Å²) in [6, 6.07) is 0. The molecule has 0 aromatic heterocycles. The topological polar surface area (TPSA) is 17.1 Å². The van der Waals surface area contributed by atoms with E-state index in [-0.39, 0.29) is 5.92 Å². The predicted octanol–water partition coefficient (Wildman–Crippen LogP) is 4.45. The zero-order valence-electron chi connectivity index (χ0n) is 11.0. The molecule has 0 N–H and O–H groups in total. The Bertz CT molecular complexity index is 145. The predicted molar refractivity (Wildman–Crippen MR) is 66.9 cm³/mol. The van der Waals surface area contributed by atoms with Crippen molar-refractivity contribution in [1.29, 1.82) is 0 Å². The van der Waals surface area contributed by atoms with Crippen LogP contribution >= 0.6 is 0 Å². The monoisotopic (exact) mass is 212 g/mol. The third-order valence-corrected chi connectivity index (χ3v) is 3.64. The van der Waals surface area contributed by atoms with Crippen molar-refractivity contribution >= 4 is 6.29 Å². The molecule has 0 saturated heterocycles. The van der Waals surface area contributed by atoms with Gasteiger partial charge in [0.1, 0.15) is 6.29 Å². The van der Waals surface area contributed by atoms with Crippen LogP contribution in [0.25, 0.3) is 0 Å². The van der Waals surface area contributed by atoms with Crippen molar-refractivity contribution in [2.45, 2.75) is 66.2 Å². The molecule has 2 atom stereocenters. The van der Waals surface area contributed by atoms with Gasteiger partial charge in [0, 0.05) is 5.92 Å². The molecular weight excluding hydrogens is 184 g/mol. The number of carbonyl (C=O) groups excluding carboxylic acids is 1. The van der Waals surface area contributed by atoms with Gasteiger partial charge in [0.25, 0.3) is 0 Å². The second-order valence-corrected chi connectivity index (χ2v) is 4.90. The lowest BCUT2D eigenvalue weighted by Crippen LogP contribution is -2.20. The Balaban J connectivity index is 4.12. The SMILES string of the molecule is CCCCC(CCCC)C(C)C(C)C=O. The van der Waals surface area contributed by atoms with Crippen molar-refractivity contribution in [2.24, 2.45) is 17.8 Å². The molecule has 0 rings (SSSR count). The largest absolute Gasteiger partial charge is 0.303 e. The Morgan fingerprint density at radius 2 is 1.47 bits per heavy atom. The van der Waals surface area contributed by atoms with E-state index in [1.165, 1.54) is 38.5 Å². The average Bonchev–Trinajstić information content (AvgIpc) is 2.27. The Kier molecular flexibility index (Phi) is 8.74. The summed E-state index contributed by atoms with van der Waals surface area (Å²) in [5.74, 6) is 1.54. The van der Waals surface area contributed by atoms with Gasteiger partial charge in [-0.2, -0.15) is 0 Å². The summed E-state index contributed by atoms with van der Waals surface area (Å²) in [6.45, 7) is 8.78. The van der Waals surface area contributed by atoms with Gasteiger partial charge < -0.3 is 4.79 Å². The smallest absolute Gasteiger partial charge is 0.123 e. The third kappa shape index (κ3) is 5.96. The maximum Gasteiger partial charge on any atom is 0.123 e. The van der Waals surface area contributed by atoms with Crippen molar-refractivity contribution in [2.75, 3.05) is 0 Å². The summed E-state index contributed by atoms with van der Waals surface area (Å²) in [6.07, 6.45) is 8.88. The highest BCUT2D eigenvalue weighted by Gasteiger charge is 2.21. The molecule has 0 fully saturated rings. The summed E-state index contributed by atoms with van der Waals surface area (Å²) in [5.41, 5.74) is 0. The van der Waals surface area contributed by atoms with Crippen molar-refractivity contribution in [3.05, 3.63) is 0 Å². The van der Waals surface area contributed by atoms with Crippen LogP contribution in [-0.2, 0) is 4.79 Å². The van der Waals surface area contributed by atoms with Gasteiger partial charge in [0.05, 0.1) is 0 Å². The van der Waals surface area contributed by atoms with E-state index < -0.39 is 0 Å². The van der Waals surface area contributed by atoms with Crippen LogP contribution in [0.5, 0.6) is 0 Å². The fraction of sp³-hybridized carbons (Fsp3) is 0.929. The van der Waals surface area contributed by atoms with E-state index in [0.29, 0.717) is 5.92 Å². The molecule has 0 amide bonds. The summed E-state index contributed by atoms with van der Waals surface area (Å²) >= 11 is 0. The second kappa shape index (κ2) is 8.94. The fourth-order valence-electron chi connectivity index (χ4n) is 2.16. The molecule has 0 aromatic carbocycles. The van der Waals surface area contributed by atoms with Crippen LogP contribution in [0.1, 0.15) is 66.2 Å². The number of carbonyl (C=O) groups is 1. The summed E-state index contributed by atoms with van der Waals surface area (Å²) in [7, 11) is 0. The highest BCUT2D eigenvalue weighted by atomic mass is 16.1. The molecule has 1 nitrogen and oxygen atoms in total. The van der Waals surface area contributed by atoms with E-state index in [2.05, 4.69) is 27.7 Å². The van der Waals surface area contributed by atoms with Crippen LogP contribution in [0.3, 0.4) is 0 Å². The molecule has 0 aliphatic carbocycles. The molecule has 0 aliphatic rings. The molecule has 90 valence electrons. The quantitative estimate of drug-likeness (QED) is 0.516. The fourth-order valence-corrected chi connectivity index (χ4v) is 2.16. The van der Waals surface area contributed by atoms with E-state index in [4.69, 9.17) is 0 Å². The molecule has 2 unspecified atom stereocenters. The van der Waals surface area contributed by atoms with Gasteiger partial charge in [-0.25, -0.2) is 0 Å². The molecule has 0 aliphatic heterocycles. The number of rotatable bonds is 9. The van der Waals surface area contributed by atoms with Gasteiger partial charge >= 0.3 is 0 Å². The van der Waals surface area contributed by atoms with Gasteiger partial charge in [-0.1, -0.05) is 66.2 Å². The molecule has 0 spiro atoms. The van der Waals surface area contributed by atoms with Gasteiger partial charge in [-0.3, -0.25) is 0 Å². The number of aldehydes is 1. The average molecular weight is 212 g/mol. The van der Waals surface area contributed by atoms with Crippen molar-refractivity contribution < 1.29 is 4.79 Å². The molecule has 0 aromatic rings. The van der Waals surface area contributed by atoms with E-state index in [0.717, 1.165) is 12.2 Å². The van der Waals surface area contributed by atoms with Gasteiger partial charge in [-0.05, 0) is 11.8 Å². The number of hydrogen-bond acceptors (Lipinski definition) is 1. The third-order valence-electron chi connectivity index (χ3n) is 3.64. The van der Waals surface area contributed by atoms with Crippen LogP contribution in [0.2, 0.25) is 0 Å². The van der Waals surface area contributed by atoms with E-state index >= 15 is 0 Å². The Hall–Kier alpha value is -0.330. The van der Waals surface area contributed by atoms with Crippen LogP contribution in [0.15, 0.2) is 0 Å². The lowest BCUT2D eigenvalue weighted by molar-refractivity contribution is -0.112. The molecule has 0 bridgehead atoms. The van der Waals surface area contributed by atoms with Gasteiger partial charge in [0.2, 0.25) is 0 Å². The lowest BCUT2D eigenvalue weighted by Gasteiger charge is -2.26. The summed E-state index contributed by atoms with van der Waals surface area (Å²) in [5, 5.41) is 0. The van der Waals surface area contributed by atoms with E-state index in [1.54, 1.807) is 0 Å². The molecule has 0 heterocycles. The standard InChI is InChI=1S/C14H28O/c1-5-7-9-14(10-8-6-2)13(4)12(3)11-15/h11-14H,5-10H2,1-4H3. The second-order valence-electron chi connectivity index (χ2n) is 4.90.